The molecule has 1 amide bonds. The molecule has 2 aromatic rings. The molecule has 0 unspecified atom stereocenters. The number of anilines is 2. The number of nitrogens with zero attached hydrogens (tertiary/aromatic N) is 1. The Labute approximate surface area is 113 Å². The number of hydrogen-bond donors (Lipinski definition) is 2. The van der Waals surface area contributed by atoms with E-state index in [1.165, 1.54) is 12.1 Å². The van der Waals surface area contributed by atoms with Crippen molar-refractivity contribution in [3.8, 4) is 0 Å². The van der Waals surface area contributed by atoms with Crippen LogP contribution in [0.15, 0.2) is 42.5 Å². The minimum Gasteiger partial charge on any atom is -0.398 e. The van der Waals surface area contributed by atoms with Gasteiger partial charge < -0.3 is 11.1 Å². The maximum Gasteiger partial charge on any atom is 0.271 e. The Morgan fingerprint density at radius 3 is 2.60 bits per heavy atom. The molecule has 0 radical (unpaired) electrons. The van der Waals surface area contributed by atoms with Crippen LogP contribution in [0.5, 0.6) is 0 Å². The van der Waals surface area contributed by atoms with Gasteiger partial charge >= 0.3 is 0 Å². The molecule has 3 N–H and O–H groups in total. The van der Waals surface area contributed by atoms with Gasteiger partial charge in [-0.25, -0.2) is 4.39 Å². The molecule has 0 aliphatic carbocycles. The third-order valence-corrected chi connectivity index (χ3v) is 2.61. The largest absolute Gasteiger partial charge is 0.398 e. The summed E-state index contributed by atoms with van der Waals surface area (Å²) in [7, 11) is 0. The first-order valence-electron chi connectivity index (χ1n) is 5.59. The number of hydrogen-bond acceptors (Lipinski definition) is 4. The first kappa shape index (κ1) is 13.5. The Bertz CT molecular complexity index is 688. The Morgan fingerprint density at radius 1 is 1.25 bits per heavy atom. The van der Waals surface area contributed by atoms with E-state index in [4.69, 9.17) is 5.73 Å². The van der Waals surface area contributed by atoms with Crippen molar-refractivity contribution >= 4 is 23.0 Å². The summed E-state index contributed by atoms with van der Waals surface area (Å²) >= 11 is 0. The van der Waals surface area contributed by atoms with Crippen LogP contribution < -0.4 is 11.1 Å². The van der Waals surface area contributed by atoms with E-state index in [0.29, 0.717) is 0 Å². The minimum absolute atomic E-state index is 0.165. The SMILES string of the molecule is Nc1ccccc1C(=O)Nc1cc([N+](=O)[O-])ccc1F. The lowest BCUT2D eigenvalue weighted by Crippen LogP contribution is -2.15. The van der Waals surface area contributed by atoms with Crippen LogP contribution in [0, 0.1) is 15.9 Å². The van der Waals surface area contributed by atoms with E-state index in [1.54, 1.807) is 12.1 Å². The van der Waals surface area contributed by atoms with Gasteiger partial charge in [0.2, 0.25) is 0 Å². The molecule has 0 aromatic heterocycles. The predicted molar refractivity (Wildman–Crippen MR) is 71.9 cm³/mol. The summed E-state index contributed by atoms with van der Waals surface area (Å²) in [6.45, 7) is 0. The van der Waals surface area contributed by atoms with Crippen molar-refractivity contribution in [3.63, 3.8) is 0 Å². The number of amides is 1. The van der Waals surface area contributed by atoms with Crippen molar-refractivity contribution in [2.45, 2.75) is 0 Å². The summed E-state index contributed by atoms with van der Waals surface area (Å²) in [4.78, 5) is 21.9. The van der Waals surface area contributed by atoms with Crippen LogP contribution in [-0.2, 0) is 0 Å². The van der Waals surface area contributed by atoms with Gasteiger partial charge in [-0.1, -0.05) is 12.1 Å². The standard InChI is InChI=1S/C13H10FN3O3/c14-10-6-5-8(17(19)20)7-12(10)16-13(18)9-3-1-2-4-11(9)15/h1-7H,15H2,(H,16,18). The maximum atomic E-state index is 13.5. The molecule has 20 heavy (non-hydrogen) atoms. The van der Waals surface area contributed by atoms with Crippen LogP contribution in [0.4, 0.5) is 21.5 Å². The highest BCUT2D eigenvalue weighted by molar-refractivity contribution is 6.07. The van der Waals surface area contributed by atoms with Gasteiger partial charge in [-0.05, 0) is 18.2 Å². The third-order valence-electron chi connectivity index (χ3n) is 2.61. The van der Waals surface area contributed by atoms with Crippen molar-refractivity contribution in [1.82, 2.24) is 0 Å². The number of carbonyl (C=O) groups is 1. The molecular weight excluding hydrogens is 265 g/mol. The molecule has 0 aliphatic rings. The number of para-hydroxylation sites is 1. The Hall–Kier alpha value is -2.96. The fraction of sp³-hybridized carbons (Fsp3) is 0. The van der Waals surface area contributed by atoms with Gasteiger partial charge in [0.05, 0.1) is 16.2 Å². The average molecular weight is 275 g/mol. The van der Waals surface area contributed by atoms with E-state index in [9.17, 15) is 19.3 Å². The van der Waals surface area contributed by atoms with Gasteiger partial charge in [-0.15, -0.1) is 0 Å². The number of nitro groups is 1. The summed E-state index contributed by atoms with van der Waals surface area (Å²) in [6, 6.07) is 9.14. The lowest BCUT2D eigenvalue weighted by atomic mass is 10.1. The minimum atomic E-state index is -0.765. The molecule has 0 saturated carbocycles. The predicted octanol–water partition coefficient (Wildman–Crippen LogP) is 2.57. The van der Waals surface area contributed by atoms with Crippen molar-refractivity contribution in [2.75, 3.05) is 11.1 Å². The second-order valence-corrected chi connectivity index (χ2v) is 3.96. The van der Waals surface area contributed by atoms with Crippen molar-refractivity contribution < 1.29 is 14.1 Å². The van der Waals surface area contributed by atoms with E-state index < -0.39 is 16.6 Å². The zero-order valence-electron chi connectivity index (χ0n) is 10.2. The van der Waals surface area contributed by atoms with E-state index in [1.807, 2.05) is 0 Å². The van der Waals surface area contributed by atoms with Crippen LogP contribution in [-0.4, -0.2) is 10.8 Å². The van der Waals surface area contributed by atoms with E-state index in [-0.39, 0.29) is 22.6 Å². The summed E-state index contributed by atoms with van der Waals surface area (Å²) in [5.41, 5.74) is 5.44. The molecule has 102 valence electrons. The van der Waals surface area contributed by atoms with E-state index >= 15 is 0 Å². The molecular formula is C13H10FN3O3. The second kappa shape index (κ2) is 5.35. The second-order valence-electron chi connectivity index (χ2n) is 3.96. The molecule has 0 heterocycles. The molecule has 2 rings (SSSR count). The summed E-state index contributed by atoms with van der Waals surface area (Å²) in [5.74, 6) is -1.40. The molecule has 0 fully saturated rings. The molecule has 2 aromatic carbocycles. The van der Waals surface area contributed by atoms with Gasteiger partial charge in [0.15, 0.2) is 0 Å². The smallest absolute Gasteiger partial charge is 0.271 e. The van der Waals surface area contributed by atoms with Crippen LogP contribution >= 0.6 is 0 Å². The molecule has 0 aliphatic heterocycles. The molecule has 0 saturated heterocycles. The average Bonchev–Trinajstić information content (AvgIpc) is 2.41. The molecule has 7 heteroatoms. The topological polar surface area (TPSA) is 98.3 Å². The third kappa shape index (κ3) is 2.72. The zero-order chi connectivity index (χ0) is 14.7. The number of rotatable bonds is 3. The van der Waals surface area contributed by atoms with Crippen LogP contribution in [0.2, 0.25) is 0 Å². The van der Waals surface area contributed by atoms with Gasteiger partial charge in [0.25, 0.3) is 11.6 Å². The highest BCUT2D eigenvalue weighted by Gasteiger charge is 2.15. The molecule has 0 atom stereocenters. The number of nitrogen functional groups attached to an aromatic ring is 1. The van der Waals surface area contributed by atoms with Gasteiger partial charge in [0.1, 0.15) is 5.82 Å². The van der Waals surface area contributed by atoms with Crippen molar-refractivity contribution in [1.29, 1.82) is 0 Å². The van der Waals surface area contributed by atoms with Crippen LogP contribution in [0.25, 0.3) is 0 Å². The van der Waals surface area contributed by atoms with E-state index in [0.717, 1.165) is 18.2 Å². The summed E-state index contributed by atoms with van der Waals surface area (Å²) in [5, 5.41) is 12.9. The lowest BCUT2D eigenvalue weighted by Gasteiger charge is -2.08. The summed E-state index contributed by atoms with van der Waals surface area (Å²) < 4.78 is 13.5. The number of halogens is 1. The maximum absolute atomic E-state index is 13.5. The summed E-state index contributed by atoms with van der Waals surface area (Å²) in [6.07, 6.45) is 0. The lowest BCUT2D eigenvalue weighted by molar-refractivity contribution is -0.384. The number of carbonyl (C=O) groups excluding carboxylic acids is 1. The fourth-order valence-corrected chi connectivity index (χ4v) is 1.62. The highest BCUT2D eigenvalue weighted by atomic mass is 19.1. The van der Waals surface area contributed by atoms with Crippen LogP contribution in [0.3, 0.4) is 0 Å². The number of benzene rings is 2. The molecule has 6 nitrogen and oxygen atoms in total. The molecule has 0 spiro atoms. The Balaban J connectivity index is 2.30. The Morgan fingerprint density at radius 2 is 1.95 bits per heavy atom. The first-order valence-corrected chi connectivity index (χ1v) is 5.59. The number of nitro benzene ring substituents is 1. The van der Waals surface area contributed by atoms with Crippen LogP contribution in [0.1, 0.15) is 10.4 Å². The quantitative estimate of drug-likeness (QED) is 0.511. The zero-order valence-corrected chi connectivity index (χ0v) is 10.2. The number of nitrogens with two attached hydrogens (primary N) is 1. The van der Waals surface area contributed by atoms with Gasteiger partial charge in [0, 0.05) is 17.8 Å². The first-order chi connectivity index (χ1) is 9.49. The highest BCUT2D eigenvalue weighted by Crippen LogP contribution is 2.22. The molecule has 0 bridgehead atoms. The van der Waals surface area contributed by atoms with Gasteiger partial charge in [-0.3, -0.25) is 14.9 Å². The normalized spacial score (nSPS) is 10.1. The number of non-ortho nitro benzene ring substituents is 1. The van der Waals surface area contributed by atoms with E-state index in [2.05, 4.69) is 5.32 Å². The monoisotopic (exact) mass is 275 g/mol. The Kier molecular flexibility index (Phi) is 3.60. The van der Waals surface area contributed by atoms with Gasteiger partial charge in [-0.2, -0.15) is 0 Å². The fourth-order valence-electron chi connectivity index (χ4n) is 1.62. The number of nitrogens with one attached hydrogen (secondary N) is 1. The van der Waals surface area contributed by atoms with Crippen molar-refractivity contribution in [2.24, 2.45) is 0 Å². The van der Waals surface area contributed by atoms with Crippen molar-refractivity contribution in [3.05, 3.63) is 64.0 Å².